The third-order valence-corrected chi connectivity index (χ3v) is 8.79. The second kappa shape index (κ2) is 9.69. The van der Waals surface area contributed by atoms with Crippen LogP contribution in [-0.2, 0) is 28.9 Å². The predicted octanol–water partition coefficient (Wildman–Crippen LogP) is 4.52. The molecule has 0 N–H and O–H groups in total. The lowest BCUT2D eigenvalue weighted by Crippen LogP contribution is -2.34. The van der Waals surface area contributed by atoms with Gasteiger partial charge in [-0.05, 0) is 69.8 Å². The topological polar surface area (TPSA) is 64.4 Å². The average molecular weight is 474 g/mol. The quantitative estimate of drug-likeness (QED) is 0.417. The van der Waals surface area contributed by atoms with E-state index in [0.29, 0.717) is 30.1 Å². The highest BCUT2D eigenvalue weighted by Gasteiger charge is 2.35. The van der Waals surface area contributed by atoms with E-state index >= 15 is 0 Å². The minimum absolute atomic E-state index is 0.0236. The van der Waals surface area contributed by atoms with Crippen molar-refractivity contribution in [2.45, 2.75) is 82.0 Å². The van der Waals surface area contributed by atoms with E-state index in [1.807, 2.05) is 4.90 Å². The fourth-order valence-electron chi connectivity index (χ4n) is 4.88. The summed E-state index contributed by atoms with van der Waals surface area (Å²) in [4.78, 5) is 35.8. The predicted molar refractivity (Wildman–Crippen MR) is 130 cm³/mol. The number of nitrogens with zero attached hydrogens (tertiary/aromatic N) is 3. The van der Waals surface area contributed by atoms with Gasteiger partial charge in [-0.25, -0.2) is 4.98 Å². The highest BCUT2D eigenvalue weighted by molar-refractivity contribution is 7.99. The average Bonchev–Trinajstić information content (AvgIpc) is 3.57. The molecule has 32 heavy (non-hydrogen) atoms. The van der Waals surface area contributed by atoms with Gasteiger partial charge in [-0.2, -0.15) is 0 Å². The monoisotopic (exact) mass is 473 g/mol. The van der Waals surface area contributed by atoms with Gasteiger partial charge in [-0.15, -0.1) is 11.3 Å². The number of rotatable bonds is 8. The standard InChI is InChI=1S/C24H31N3O3S2/c1-30-14-13-26-23(29)21-18-9-5-6-10-19(18)32-22(21)25-24(26)31-15-20(28)27(17-11-12-17)16-7-3-2-4-8-16/h7,17H,2-6,8-15H2,1H3. The Balaban J connectivity index is 1.43. The van der Waals surface area contributed by atoms with Gasteiger partial charge in [0.05, 0.1) is 24.3 Å². The summed E-state index contributed by atoms with van der Waals surface area (Å²) in [6.45, 7) is 0.902. The molecule has 1 amide bonds. The minimum atomic E-state index is 0.0236. The Kier molecular flexibility index (Phi) is 6.71. The summed E-state index contributed by atoms with van der Waals surface area (Å²) in [6.07, 6.45) is 13.2. The lowest BCUT2D eigenvalue weighted by molar-refractivity contribution is -0.127. The summed E-state index contributed by atoms with van der Waals surface area (Å²) in [6, 6.07) is 0.364. The molecule has 8 heteroatoms. The molecule has 6 nitrogen and oxygen atoms in total. The van der Waals surface area contributed by atoms with Crippen LogP contribution in [-0.4, -0.2) is 45.9 Å². The lowest BCUT2D eigenvalue weighted by Gasteiger charge is -2.27. The molecule has 3 aliphatic rings. The summed E-state index contributed by atoms with van der Waals surface area (Å²) < 4.78 is 7.00. The summed E-state index contributed by atoms with van der Waals surface area (Å²) >= 11 is 3.07. The van der Waals surface area contributed by atoms with Crippen LogP contribution in [0.3, 0.4) is 0 Å². The van der Waals surface area contributed by atoms with Crippen molar-refractivity contribution in [3.8, 4) is 0 Å². The number of hydrogen-bond acceptors (Lipinski definition) is 6. The van der Waals surface area contributed by atoms with Gasteiger partial charge < -0.3 is 9.64 Å². The van der Waals surface area contributed by atoms with E-state index in [2.05, 4.69) is 6.08 Å². The van der Waals surface area contributed by atoms with Gasteiger partial charge in [0, 0.05) is 23.7 Å². The molecular weight excluding hydrogens is 442 g/mol. The summed E-state index contributed by atoms with van der Waals surface area (Å²) in [7, 11) is 1.64. The maximum atomic E-state index is 13.5. The Bertz CT molecular complexity index is 1100. The molecule has 0 aromatic carbocycles. The largest absolute Gasteiger partial charge is 0.383 e. The Hall–Kier alpha value is -1.64. The zero-order chi connectivity index (χ0) is 22.1. The summed E-state index contributed by atoms with van der Waals surface area (Å²) in [5.74, 6) is 0.452. The molecule has 172 valence electrons. The van der Waals surface area contributed by atoms with Crippen LogP contribution in [0, 0.1) is 0 Å². The second-order valence-corrected chi connectivity index (χ2v) is 11.0. The first-order valence-electron chi connectivity index (χ1n) is 11.8. The molecular formula is C24H31N3O3S2. The molecule has 2 heterocycles. The molecule has 0 unspecified atom stereocenters. The van der Waals surface area contributed by atoms with E-state index in [0.717, 1.165) is 61.6 Å². The fourth-order valence-corrected chi connectivity index (χ4v) is 7.06. The zero-order valence-corrected chi connectivity index (χ0v) is 20.4. The molecule has 1 saturated carbocycles. The fraction of sp³-hybridized carbons (Fsp3) is 0.625. The number of carbonyl (C=O) groups excluding carboxylic acids is 1. The van der Waals surface area contributed by atoms with Gasteiger partial charge in [-0.1, -0.05) is 17.8 Å². The molecule has 0 saturated heterocycles. The van der Waals surface area contributed by atoms with Crippen molar-refractivity contribution in [1.82, 2.24) is 14.5 Å². The maximum Gasteiger partial charge on any atom is 0.263 e. The molecule has 0 spiro atoms. The number of amides is 1. The van der Waals surface area contributed by atoms with E-state index < -0.39 is 0 Å². The third kappa shape index (κ3) is 4.41. The Morgan fingerprint density at radius 3 is 2.81 bits per heavy atom. The number of ether oxygens (including phenoxy) is 1. The van der Waals surface area contributed by atoms with Gasteiger partial charge in [0.15, 0.2) is 5.16 Å². The van der Waals surface area contributed by atoms with Crippen molar-refractivity contribution in [3.63, 3.8) is 0 Å². The van der Waals surface area contributed by atoms with Crippen molar-refractivity contribution in [3.05, 3.63) is 32.6 Å². The van der Waals surface area contributed by atoms with Crippen molar-refractivity contribution in [2.24, 2.45) is 0 Å². The van der Waals surface area contributed by atoms with Gasteiger partial charge >= 0.3 is 0 Å². The van der Waals surface area contributed by atoms with Gasteiger partial charge in [0.1, 0.15) is 4.83 Å². The molecule has 1 fully saturated rings. The van der Waals surface area contributed by atoms with Crippen LogP contribution < -0.4 is 5.56 Å². The van der Waals surface area contributed by atoms with Crippen LogP contribution in [0.1, 0.15) is 61.8 Å². The first-order chi connectivity index (χ1) is 15.7. The van der Waals surface area contributed by atoms with Crippen LogP contribution in [0.5, 0.6) is 0 Å². The van der Waals surface area contributed by atoms with Crippen molar-refractivity contribution in [2.75, 3.05) is 19.5 Å². The Morgan fingerprint density at radius 1 is 1.25 bits per heavy atom. The van der Waals surface area contributed by atoms with E-state index in [1.165, 1.54) is 40.7 Å². The highest BCUT2D eigenvalue weighted by Crippen LogP contribution is 2.36. The van der Waals surface area contributed by atoms with Crippen LogP contribution in [0.15, 0.2) is 21.7 Å². The molecule has 0 aliphatic heterocycles. The molecule has 0 atom stereocenters. The number of carbonyl (C=O) groups is 1. The van der Waals surface area contributed by atoms with E-state index in [1.54, 1.807) is 23.0 Å². The number of fused-ring (bicyclic) bond motifs is 3. The number of allylic oxidation sites excluding steroid dienone is 2. The number of aryl methyl sites for hydroxylation is 2. The molecule has 2 aromatic rings. The van der Waals surface area contributed by atoms with Gasteiger partial charge in [-0.3, -0.25) is 14.2 Å². The highest BCUT2D eigenvalue weighted by atomic mass is 32.2. The number of thioether (sulfide) groups is 1. The van der Waals surface area contributed by atoms with Gasteiger partial charge in [0.25, 0.3) is 5.56 Å². The van der Waals surface area contributed by atoms with Crippen LogP contribution >= 0.6 is 23.1 Å². The number of methoxy groups -OCH3 is 1. The van der Waals surface area contributed by atoms with E-state index in [4.69, 9.17) is 9.72 Å². The Labute approximate surface area is 197 Å². The van der Waals surface area contributed by atoms with Crippen LogP contribution in [0.25, 0.3) is 10.2 Å². The number of thiophene rings is 1. The summed E-state index contributed by atoms with van der Waals surface area (Å²) in [5, 5.41) is 1.43. The third-order valence-electron chi connectivity index (χ3n) is 6.64. The van der Waals surface area contributed by atoms with Crippen molar-refractivity contribution in [1.29, 1.82) is 0 Å². The number of aromatic nitrogens is 2. The normalized spacial score (nSPS) is 18.5. The lowest BCUT2D eigenvalue weighted by atomic mass is 9.97. The first kappa shape index (κ1) is 22.2. The molecule has 2 aromatic heterocycles. The molecule has 0 bridgehead atoms. The van der Waals surface area contributed by atoms with Crippen molar-refractivity contribution < 1.29 is 9.53 Å². The van der Waals surface area contributed by atoms with Crippen molar-refractivity contribution >= 4 is 39.2 Å². The zero-order valence-electron chi connectivity index (χ0n) is 18.7. The van der Waals surface area contributed by atoms with Gasteiger partial charge in [0.2, 0.25) is 5.91 Å². The van der Waals surface area contributed by atoms with E-state index in [9.17, 15) is 9.59 Å². The van der Waals surface area contributed by atoms with E-state index in [-0.39, 0.29) is 11.5 Å². The number of hydrogen-bond donors (Lipinski definition) is 0. The maximum absolute atomic E-state index is 13.5. The van der Waals surface area contributed by atoms with Crippen LogP contribution in [0.2, 0.25) is 0 Å². The SMILES string of the molecule is COCCn1c(SCC(=O)N(C2=CCCCC2)C2CC2)nc2sc3c(c2c1=O)CCCC3. The molecule has 0 radical (unpaired) electrons. The Morgan fingerprint density at radius 2 is 2.06 bits per heavy atom. The first-order valence-corrected chi connectivity index (χ1v) is 13.7. The smallest absolute Gasteiger partial charge is 0.263 e. The molecule has 3 aliphatic carbocycles. The minimum Gasteiger partial charge on any atom is -0.383 e. The second-order valence-electron chi connectivity index (χ2n) is 8.96. The summed E-state index contributed by atoms with van der Waals surface area (Å²) in [5.41, 5.74) is 2.43. The van der Waals surface area contributed by atoms with Crippen LogP contribution in [0.4, 0.5) is 0 Å². The molecule has 5 rings (SSSR count).